The van der Waals surface area contributed by atoms with Gasteiger partial charge in [0.25, 0.3) is 0 Å². The topological polar surface area (TPSA) is 47.6 Å². The third kappa shape index (κ3) is 2.59. The van der Waals surface area contributed by atoms with Gasteiger partial charge in [0.1, 0.15) is 6.61 Å². The van der Waals surface area contributed by atoms with Gasteiger partial charge in [-0.3, -0.25) is 0 Å². The van der Waals surface area contributed by atoms with Crippen molar-refractivity contribution in [1.82, 2.24) is 0 Å². The number of allylic oxidation sites excluding steroid dienone is 1. The second-order valence-electron chi connectivity index (χ2n) is 4.80. The van der Waals surface area contributed by atoms with Crippen molar-refractivity contribution in [2.45, 2.75) is 5.92 Å². The fourth-order valence-electron chi connectivity index (χ4n) is 2.21. The maximum Gasteiger partial charge on any atom is 0.312 e. The molecule has 0 aromatic heterocycles. The van der Waals surface area contributed by atoms with Crippen molar-refractivity contribution < 1.29 is 13.5 Å². The van der Waals surface area contributed by atoms with E-state index in [1.165, 1.54) is 12.1 Å². The van der Waals surface area contributed by atoms with Crippen LogP contribution in [0.3, 0.4) is 0 Å². The van der Waals surface area contributed by atoms with Gasteiger partial charge in [0.05, 0.1) is 12.2 Å². The first-order valence-electron chi connectivity index (χ1n) is 6.59. The fraction of sp³-hybridized carbons (Fsp3) is 0.188. The van der Waals surface area contributed by atoms with Gasteiger partial charge >= 0.3 is 5.92 Å². The van der Waals surface area contributed by atoms with Gasteiger partial charge in [-0.05, 0) is 16.8 Å². The van der Waals surface area contributed by atoms with Crippen LogP contribution in [-0.4, -0.2) is 19.0 Å². The molecule has 0 saturated carbocycles. The molecule has 0 fully saturated rings. The highest BCUT2D eigenvalue weighted by atomic mass is 19.3. The number of halogens is 2. The van der Waals surface area contributed by atoms with E-state index >= 15 is 0 Å². The molecule has 0 unspecified atom stereocenters. The fourth-order valence-corrected chi connectivity index (χ4v) is 2.21. The van der Waals surface area contributed by atoms with Gasteiger partial charge in [-0.25, -0.2) is 4.99 Å². The molecule has 0 bridgehead atoms. The van der Waals surface area contributed by atoms with Crippen LogP contribution < -0.4 is 5.73 Å². The van der Waals surface area contributed by atoms with E-state index in [1.54, 1.807) is 12.1 Å². The van der Waals surface area contributed by atoms with E-state index in [1.807, 2.05) is 18.2 Å². The molecule has 0 aliphatic carbocycles. The number of hydrogen-bond acceptors (Lipinski definition) is 3. The lowest BCUT2D eigenvalue weighted by atomic mass is 10.0. The Morgan fingerprint density at radius 3 is 2.67 bits per heavy atom. The second kappa shape index (κ2) is 5.16. The number of alkyl halides is 2. The first-order valence-corrected chi connectivity index (χ1v) is 6.59. The van der Waals surface area contributed by atoms with Crippen molar-refractivity contribution in [1.29, 1.82) is 0 Å². The molecule has 0 radical (unpaired) electrons. The molecular weight excluding hydrogens is 274 g/mol. The Morgan fingerprint density at radius 2 is 1.95 bits per heavy atom. The van der Waals surface area contributed by atoms with Crippen molar-refractivity contribution in [2.75, 3.05) is 13.2 Å². The van der Waals surface area contributed by atoms with Gasteiger partial charge in [0.2, 0.25) is 5.90 Å². The molecule has 3 rings (SSSR count). The monoisotopic (exact) mass is 288 g/mol. The lowest BCUT2D eigenvalue weighted by Crippen LogP contribution is -2.24. The molecule has 0 saturated heterocycles. The van der Waals surface area contributed by atoms with E-state index in [0.29, 0.717) is 13.2 Å². The molecule has 5 heteroatoms. The van der Waals surface area contributed by atoms with Crippen LogP contribution in [0.15, 0.2) is 59.2 Å². The zero-order valence-electron chi connectivity index (χ0n) is 11.2. The van der Waals surface area contributed by atoms with Gasteiger partial charge in [-0.2, -0.15) is 8.78 Å². The highest BCUT2D eigenvalue weighted by Crippen LogP contribution is 2.34. The lowest BCUT2D eigenvalue weighted by molar-refractivity contribution is 0.0364. The summed E-state index contributed by atoms with van der Waals surface area (Å²) in [6, 6.07) is 11.8. The van der Waals surface area contributed by atoms with E-state index in [9.17, 15) is 8.78 Å². The van der Waals surface area contributed by atoms with E-state index in [-0.39, 0.29) is 11.5 Å². The Hall–Kier alpha value is -2.43. The normalized spacial score (nSPS) is 15.9. The quantitative estimate of drug-likeness (QED) is 0.942. The summed E-state index contributed by atoms with van der Waals surface area (Å²) >= 11 is 0. The average Bonchev–Trinajstić information content (AvgIpc) is 2.99. The highest BCUT2D eigenvalue weighted by molar-refractivity contribution is 5.89. The van der Waals surface area contributed by atoms with Gasteiger partial charge < -0.3 is 10.5 Å². The van der Waals surface area contributed by atoms with Crippen LogP contribution in [0.5, 0.6) is 0 Å². The Kier molecular flexibility index (Phi) is 3.33. The Morgan fingerprint density at radius 1 is 1.19 bits per heavy atom. The minimum atomic E-state index is -3.27. The van der Waals surface area contributed by atoms with Crippen molar-refractivity contribution in [2.24, 2.45) is 10.7 Å². The second-order valence-corrected chi connectivity index (χ2v) is 4.80. The summed E-state index contributed by atoms with van der Waals surface area (Å²) in [5, 5.41) is 1.65. The maximum absolute atomic E-state index is 14.4. The van der Waals surface area contributed by atoms with Crippen molar-refractivity contribution in [3.8, 4) is 0 Å². The summed E-state index contributed by atoms with van der Waals surface area (Å²) < 4.78 is 33.9. The number of ether oxygens (including phenoxy) is 1. The first-order chi connectivity index (χ1) is 10.1. The van der Waals surface area contributed by atoms with E-state index < -0.39 is 11.6 Å². The van der Waals surface area contributed by atoms with Crippen LogP contribution >= 0.6 is 0 Å². The van der Waals surface area contributed by atoms with E-state index in [2.05, 4.69) is 4.99 Å². The predicted molar refractivity (Wildman–Crippen MR) is 78.4 cm³/mol. The van der Waals surface area contributed by atoms with Crippen LogP contribution in [-0.2, 0) is 10.7 Å². The van der Waals surface area contributed by atoms with Crippen LogP contribution in [0.2, 0.25) is 0 Å². The molecule has 3 nitrogen and oxygen atoms in total. The zero-order valence-corrected chi connectivity index (χ0v) is 11.2. The highest BCUT2D eigenvalue weighted by Gasteiger charge is 2.35. The summed E-state index contributed by atoms with van der Waals surface area (Å²) in [6.45, 7) is 0.876. The standard InChI is InChI=1S/C16H14F2N2O/c17-16(18,14(19)10-15-20-7-8-21-15)13-6-5-11-3-1-2-4-12(11)9-13/h1-6,9-10H,7-8,19H2/b14-10-. The summed E-state index contributed by atoms with van der Waals surface area (Å²) in [5.74, 6) is -3.11. The smallest absolute Gasteiger partial charge is 0.312 e. The number of fused-ring (bicyclic) bond motifs is 1. The number of nitrogens with zero attached hydrogens (tertiary/aromatic N) is 1. The zero-order chi connectivity index (χ0) is 14.9. The molecule has 2 N–H and O–H groups in total. The molecule has 2 aromatic rings. The van der Waals surface area contributed by atoms with E-state index in [4.69, 9.17) is 10.5 Å². The molecule has 21 heavy (non-hydrogen) atoms. The number of rotatable bonds is 3. The molecule has 1 aliphatic rings. The molecule has 1 heterocycles. The van der Waals surface area contributed by atoms with Gasteiger partial charge in [0.15, 0.2) is 0 Å². The number of aliphatic imine (C=N–C) groups is 1. The van der Waals surface area contributed by atoms with Crippen molar-refractivity contribution >= 4 is 16.7 Å². The van der Waals surface area contributed by atoms with Crippen LogP contribution in [0.25, 0.3) is 10.8 Å². The number of nitrogens with two attached hydrogens (primary N) is 1. The third-order valence-corrected chi connectivity index (χ3v) is 3.36. The lowest BCUT2D eigenvalue weighted by Gasteiger charge is -2.18. The van der Waals surface area contributed by atoms with E-state index in [0.717, 1.165) is 16.8 Å². The Bertz CT molecular complexity index is 738. The molecule has 0 amide bonds. The third-order valence-electron chi connectivity index (χ3n) is 3.36. The predicted octanol–water partition coefficient (Wildman–Crippen LogP) is 3.20. The summed E-state index contributed by atoms with van der Waals surface area (Å²) in [6.07, 6.45) is 1.10. The number of hydrogen-bond donors (Lipinski definition) is 1. The SMILES string of the molecule is N/C(=C\C1=NCCO1)C(F)(F)c1ccc2ccccc2c1. The Labute approximate surface area is 120 Å². The minimum absolute atomic E-state index is 0.145. The maximum atomic E-state index is 14.4. The molecule has 0 atom stereocenters. The average molecular weight is 288 g/mol. The van der Waals surface area contributed by atoms with Gasteiger partial charge in [0, 0.05) is 11.6 Å². The van der Waals surface area contributed by atoms with Crippen LogP contribution in [0.1, 0.15) is 5.56 Å². The van der Waals surface area contributed by atoms with Gasteiger partial charge in [-0.1, -0.05) is 36.4 Å². The van der Waals surface area contributed by atoms with Crippen molar-refractivity contribution in [3.05, 3.63) is 59.8 Å². The first kappa shape index (κ1) is 13.5. The largest absolute Gasteiger partial charge is 0.476 e. The van der Waals surface area contributed by atoms with Gasteiger partial charge in [-0.15, -0.1) is 0 Å². The molecule has 108 valence electrons. The summed E-state index contributed by atoms with van der Waals surface area (Å²) in [4.78, 5) is 3.94. The Balaban J connectivity index is 1.98. The molecular formula is C16H14F2N2O. The van der Waals surface area contributed by atoms with Crippen molar-refractivity contribution in [3.63, 3.8) is 0 Å². The number of benzene rings is 2. The summed E-state index contributed by atoms with van der Waals surface area (Å²) in [5.41, 5.74) is 4.84. The van der Waals surface area contributed by atoms with Crippen LogP contribution in [0.4, 0.5) is 8.78 Å². The molecule has 0 spiro atoms. The summed E-state index contributed by atoms with van der Waals surface area (Å²) in [7, 11) is 0. The molecule has 1 aliphatic heterocycles. The minimum Gasteiger partial charge on any atom is -0.476 e. The van der Waals surface area contributed by atoms with Crippen LogP contribution in [0, 0.1) is 0 Å². The molecule has 2 aromatic carbocycles.